The van der Waals surface area contributed by atoms with E-state index in [4.69, 9.17) is 0 Å². The molecule has 1 saturated heterocycles. The van der Waals surface area contributed by atoms with Gasteiger partial charge in [0.15, 0.2) is 14.6 Å². The number of piperidine rings is 1. The number of anilines is 1. The number of carbonyl (C=O) groups is 1. The molecule has 0 bridgehead atoms. The van der Waals surface area contributed by atoms with Crippen LogP contribution >= 0.6 is 0 Å². The molecule has 0 saturated carbocycles. The van der Waals surface area contributed by atoms with Gasteiger partial charge in [0.25, 0.3) is 0 Å². The predicted molar refractivity (Wildman–Crippen MR) is 81.4 cm³/mol. The van der Waals surface area contributed by atoms with Crippen molar-refractivity contribution in [2.45, 2.75) is 24.2 Å². The van der Waals surface area contributed by atoms with Crippen molar-refractivity contribution in [3.8, 4) is 5.75 Å². The summed E-state index contributed by atoms with van der Waals surface area (Å²) in [5, 5.41) is 5.52. The van der Waals surface area contributed by atoms with E-state index in [1.807, 2.05) is 0 Å². The lowest BCUT2D eigenvalue weighted by molar-refractivity contribution is -0.119. The number of hydrogen-bond donors (Lipinski definition) is 2. The fourth-order valence-electron chi connectivity index (χ4n) is 2.59. The second-order valence-corrected chi connectivity index (χ2v) is 7.70. The first-order valence-electron chi connectivity index (χ1n) is 7.01. The van der Waals surface area contributed by atoms with E-state index in [1.54, 1.807) is 0 Å². The Balaban J connectivity index is 2.22. The zero-order chi connectivity index (χ0) is 17.1. The third kappa shape index (κ3) is 3.97. The molecule has 1 amide bonds. The number of rotatable bonds is 5. The summed E-state index contributed by atoms with van der Waals surface area (Å²) in [5.74, 6) is -0.771. The Kier molecular flexibility index (Phi) is 5.20. The minimum atomic E-state index is -3.64. The van der Waals surface area contributed by atoms with Crippen LogP contribution in [0.2, 0.25) is 0 Å². The van der Waals surface area contributed by atoms with E-state index in [9.17, 15) is 22.0 Å². The predicted octanol–water partition coefficient (Wildman–Crippen LogP) is 1.39. The largest absolute Gasteiger partial charge is 0.435 e. The van der Waals surface area contributed by atoms with Gasteiger partial charge in [-0.05, 0) is 38.1 Å². The molecule has 1 aromatic rings. The van der Waals surface area contributed by atoms with Gasteiger partial charge in [-0.3, -0.25) is 4.79 Å². The number of halogens is 2. The highest BCUT2D eigenvalue weighted by molar-refractivity contribution is 7.92. The average molecular weight is 348 g/mol. The highest BCUT2D eigenvalue weighted by Gasteiger charge is 2.48. The van der Waals surface area contributed by atoms with Gasteiger partial charge in [0.2, 0.25) is 5.91 Å². The molecule has 0 radical (unpaired) electrons. The standard InChI is InChI=1S/C14H18F2N2O4S/c1-23(20,21)14(5-7-17-8-6-14)12(19)18-10-3-2-4-11(9-10)22-13(15)16/h2-4,9,13,17H,5-8H2,1H3,(H,18,19). The summed E-state index contributed by atoms with van der Waals surface area (Å²) in [6.07, 6.45) is 1.35. The van der Waals surface area contributed by atoms with Gasteiger partial charge in [-0.15, -0.1) is 0 Å². The summed E-state index contributed by atoms with van der Waals surface area (Å²) < 4.78 is 51.5. The van der Waals surface area contributed by atoms with Crippen LogP contribution in [0.15, 0.2) is 24.3 Å². The van der Waals surface area contributed by atoms with Crippen LogP contribution in [0.5, 0.6) is 5.75 Å². The maximum Gasteiger partial charge on any atom is 0.387 e. The molecule has 0 atom stereocenters. The summed E-state index contributed by atoms with van der Waals surface area (Å²) in [6.45, 7) is -2.16. The number of nitrogens with one attached hydrogen (secondary N) is 2. The van der Waals surface area contributed by atoms with Gasteiger partial charge in [0.1, 0.15) is 5.75 Å². The van der Waals surface area contributed by atoms with Gasteiger partial charge in [-0.25, -0.2) is 8.42 Å². The fraction of sp³-hybridized carbons (Fsp3) is 0.500. The Morgan fingerprint density at radius 1 is 1.35 bits per heavy atom. The summed E-state index contributed by atoms with van der Waals surface area (Å²) >= 11 is 0. The van der Waals surface area contributed by atoms with Gasteiger partial charge >= 0.3 is 6.61 Å². The van der Waals surface area contributed by atoms with Crippen LogP contribution < -0.4 is 15.4 Å². The number of amides is 1. The van der Waals surface area contributed by atoms with Gasteiger partial charge in [0.05, 0.1) is 0 Å². The SMILES string of the molecule is CS(=O)(=O)C1(C(=O)Nc2cccc(OC(F)F)c2)CCNCC1. The quantitative estimate of drug-likeness (QED) is 0.840. The van der Waals surface area contributed by atoms with Crippen LogP contribution in [-0.2, 0) is 14.6 Å². The van der Waals surface area contributed by atoms with Crippen molar-refractivity contribution in [1.29, 1.82) is 0 Å². The Morgan fingerprint density at radius 2 is 2.00 bits per heavy atom. The molecule has 0 aromatic heterocycles. The number of alkyl halides is 2. The topological polar surface area (TPSA) is 84.5 Å². The molecule has 1 aliphatic rings. The number of benzene rings is 1. The number of ether oxygens (including phenoxy) is 1. The monoisotopic (exact) mass is 348 g/mol. The van der Waals surface area contributed by atoms with E-state index >= 15 is 0 Å². The van der Waals surface area contributed by atoms with Crippen molar-refractivity contribution in [3.63, 3.8) is 0 Å². The molecule has 0 spiro atoms. The molecule has 9 heteroatoms. The van der Waals surface area contributed by atoms with Gasteiger partial charge < -0.3 is 15.4 Å². The van der Waals surface area contributed by atoms with Crippen LogP contribution in [-0.4, -0.2) is 45.0 Å². The Bertz CT molecular complexity index is 673. The minimum Gasteiger partial charge on any atom is -0.435 e. The van der Waals surface area contributed by atoms with Crippen molar-refractivity contribution < 1.29 is 26.7 Å². The van der Waals surface area contributed by atoms with Crippen molar-refractivity contribution in [1.82, 2.24) is 5.32 Å². The molecule has 0 unspecified atom stereocenters. The van der Waals surface area contributed by atoms with Crippen LogP contribution in [0.1, 0.15) is 12.8 Å². The second-order valence-electron chi connectivity index (χ2n) is 5.38. The lowest BCUT2D eigenvalue weighted by Gasteiger charge is -2.34. The minimum absolute atomic E-state index is 0.114. The summed E-state index contributed by atoms with van der Waals surface area (Å²) in [7, 11) is -3.64. The normalized spacial score (nSPS) is 17.7. The first-order chi connectivity index (χ1) is 10.7. The molecule has 23 heavy (non-hydrogen) atoms. The molecule has 0 aliphatic carbocycles. The second kappa shape index (κ2) is 6.79. The van der Waals surface area contributed by atoms with Crippen molar-refractivity contribution in [3.05, 3.63) is 24.3 Å². The first kappa shape index (κ1) is 17.6. The third-order valence-electron chi connectivity index (χ3n) is 3.85. The molecular weight excluding hydrogens is 330 g/mol. The molecule has 1 heterocycles. The maximum absolute atomic E-state index is 12.6. The first-order valence-corrected chi connectivity index (χ1v) is 8.90. The van der Waals surface area contributed by atoms with Gasteiger partial charge in [-0.2, -0.15) is 8.78 Å². The lowest BCUT2D eigenvalue weighted by atomic mass is 9.95. The average Bonchev–Trinajstić information content (AvgIpc) is 2.46. The van der Waals surface area contributed by atoms with Crippen LogP contribution in [0.4, 0.5) is 14.5 Å². The summed E-state index contributed by atoms with van der Waals surface area (Å²) in [6, 6.07) is 5.45. The highest BCUT2D eigenvalue weighted by Crippen LogP contribution is 2.30. The number of sulfone groups is 1. The Labute approximate surface area is 133 Å². The van der Waals surface area contributed by atoms with E-state index in [1.165, 1.54) is 24.3 Å². The molecule has 1 fully saturated rings. The van der Waals surface area contributed by atoms with Crippen molar-refractivity contribution >= 4 is 21.4 Å². The fourth-order valence-corrected chi connectivity index (χ4v) is 3.93. The van der Waals surface area contributed by atoms with Crippen molar-refractivity contribution in [2.24, 2.45) is 0 Å². The van der Waals surface area contributed by atoms with E-state index in [0.717, 1.165) is 6.26 Å². The third-order valence-corrected chi connectivity index (χ3v) is 5.87. The van der Waals surface area contributed by atoms with E-state index in [2.05, 4.69) is 15.4 Å². The molecule has 6 nitrogen and oxygen atoms in total. The number of hydrogen-bond acceptors (Lipinski definition) is 5. The Morgan fingerprint density at radius 3 is 2.57 bits per heavy atom. The van der Waals surface area contributed by atoms with Gasteiger partial charge in [0, 0.05) is 18.0 Å². The lowest BCUT2D eigenvalue weighted by Crippen LogP contribution is -2.55. The van der Waals surface area contributed by atoms with Crippen LogP contribution in [0, 0.1) is 0 Å². The van der Waals surface area contributed by atoms with E-state index in [0.29, 0.717) is 13.1 Å². The maximum atomic E-state index is 12.6. The number of carbonyl (C=O) groups excluding carboxylic acids is 1. The Hall–Kier alpha value is -1.74. The van der Waals surface area contributed by atoms with Gasteiger partial charge in [-0.1, -0.05) is 6.07 Å². The zero-order valence-corrected chi connectivity index (χ0v) is 13.3. The molecule has 1 aliphatic heterocycles. The molecule has 2 N–H and O–H groups in total. The molecule has 1 aromatic carbocycles. The van der Waals surface area contributed by atoms with Crippen LogP contribution in [0.3, 0.4) is 0 Å². The summed E-state index contributed by atoms with van der Waals surface area (Å²) in [4.78, 5) is 12.6. The molecule has 128 valence electrons. The van der Waals surface area contributed by atoms with Crippen molar-refractivity contribution in [2.75, 3.05) is 24.7 Å². The van der Waals surface area contributed by atoms with Crippen LogP contribution in [0.25, 0.3) is 0 Å². The highest BCUT2D eigenvalue weighted by atomic mass is 32.2. The zero-order valence-electron chi connectivity index (χ0n) is 12.5. The smallest absolute Gasteiger partial charge is 0.387 e. The van der Waals surface area contributed by atoms with E-state index in [-0.39, 0.29) is 24.3 Å². The van der Waals surface area contributed by atoms with E-state index < -0.39 is 27.1 Å². The molecular formula is C14H18F2N2O4S. The summed E-state index contributed by atoms with van der Waals surface area (Å²) in [5.41, 5.74) is 0.203. The molecule has 2 rings (SSSR count).